The number of carbonyl (C=O) groups is 1. The summed E-state index contributed by atoms with van der Waals surface area (Å²) in [7, 11) is 0. The lowest BCUT2D eigenvalue weighted by Gasteiger charge is -2.22. The molecule has 4 rings (SSSR count). The Morgan fingerprint density at radius 2 is 1.62 bits per heavy atom. The monoisotopic (exact) mass is 294 g/mol. The summed E-state index contributed by atoms with van der Waals surface area (Å²) in [5.74, 6) is 0. The highest BCUT2D eigenvalue weighted by Gasteiger charge is 2.29. The first-order valence-electron chi connectivity index (χ1n) is 6.38. The molecule has 0 saturated carbocycles. The third kappa shape index (κ3) is 1.66. The van der Waals surface area contributed by atoms with E-state index in [0.29, 0.717) is 0 Å². The number of benzene rings is 2. The van der Waals surface area contributed by atoms with Gasteiger partial charge in [0.1, 0.15) is 5.69 Å². The lowest BCUT2D eigenvalue weighted by atomic mass is 10.1. The number of hydrogen-bond acceptors (Lipinski definition) is 4. The van der Waals surface area contributed by atoms with Gasteiger partial charge in [-0.05, 0) is 23.7 Å². The van der Waals surface area contributed by atoms with Crippen LogP contribution in [0.15, 0.2) is 48.5 Å². The molecule has 2 heterocycles. The molecular weight excluding hydrogens is 284 g/mol. The summed E-state index contributed by atoms with van der Waals surface area (Å²) in [6.07, 6.45) is 0. The Hall–Kier alpha value is -2.73. The Labute approximate surface area is 124 Å². The zero-order valence-corrected chi connectivity index (χ0v) is 11.7. The number of carbonyl (C=O) groups excluding carboxylic acids is 1. The van der Waals surface area contributed by atoms with E-state index in [0.717, 1.165) is 33.1 Å². The van der Waals surface area contributed by atoms with Crippen LogP contribution in [0.5, 0.6) is 0 Å². The van der Waals surface area contributed by atoms with Gasteiger partial charge in [0, 0.05) is 11.1 Å². The molecular formula is C15H10N4OS. The Bertz CT molecular complexity index is 796. The van der Waals surface area contributed by atoms with Crippen molar-refractivity contribution in [3.63, 3.8) is 0 Å². The Balaban J connectivity index is 2.16. The molecule has 3 aromatic rings. The SMILES string of the molecule is NC(=O)N1c2ccccc2-c2nnsc2-c2ccccc21. The average Bonchev–Trinajstić information content (AvgIpc) is 2.93. The van der Waals surface area contributed by atoms with E-state index in [9.17, 15) is 4.79 Å². The molecule has 0 saturated heterocycles. The zero-order valence-electron chi connectivity index (χ0n) is 10.9. The normalized spacial score (nSPS) is 12.1. The number of primary amides is 1. The van der Waals surface area contributed by atoms with Gasteiger partial charge in [-0.15, -0.1) is 5.10 Å². The first-order chi connectivity index (χ1) is 10.3. The first kappa shape index (κ1) is 12.0. The molecule has 102 valence electrons. The van der Waals surface area contributed by atoms with Gasteiger partial charge in [-0.3, -0.25) is 4.90 Å². The predicted octanol–water partition coefficient (Wildman–Crippen LogP) is 3.40. The largest absolute Gasteiger partial charge is 0.351 e. The van der Waals surface area contributed by atoms with Crippen LogP contribution in [0.3, 0.4) is 0 Å². The molecule has 21 heavy (non-hydrogen) atoms. The summed E-state index contributed by atoms with van der Waals surface area (Å²) in [6, 6.07) is 14.7. The summed E-state index contributed by atoms with van der Waals surface area (Å²) in [4.78, 5) is 14.5. The fourth-order valence-electron chi connectivity index (χ4n) is 2.64. The maximum Gasteiger partial charge on any atom is 0.323 e. The summed E-state index contributed by atoms with van der Waals surface area (Å²) >= 11 is 1.32. The number of nitrogens with two attached hydrogens (primary N) is 1. The second-order valence-electron chi connectivity index (χ2n) is 4.66. The number of urea groups is 1. The number of hydrogen-bond donors (Lipinski definition) is 1. The predicted molar refractivity (Wildman–Crippen MR) is 82.5 cm³/mol. The molecule has 1 aromatic heterocycles. The number of fused-ring (bicyclic) bond motifs is 5. The molecule has 5 nitrogen and oxygen atoms in total. The maximum atomic E-state index is 12.0. The highest BCUT2D eigenvalue weighted by atomic mass is 32.1. The molecule has 0 aliphatic carbocycles. The van der Waals surface area contributed by atoms with Crippen LogP contribution in [0.2, 0.25) is 0 Å². The van der Waals surface area contributed by atoms with Crippen molar-refractivity contribution in [1.82, 2.24) is 9.59 Å². The average molecular weight is 294 g/mol. The number of amides is 2. The van der Waals surface area contributed by atoms with Crippen LogP contribution in [-0.4, -0.2) is 15.6 Å². The van der Waals surface area contributed by atoms with E-state index in [1.807, 2.05) is 48.5 Å². The van der Waals surface area contributed by atoms with E-state index in [2.05, 4.69) is 9.59 Å². The van der Waals surface area contributed by atoms with Gasteiger partial charge in [-0.1, -0.05) is 40.9 Å². The van der Waals surface area contributed by atoms with Gasteiger partial charge in [-0.25, -0.2) is 4.79 Å². The van der Waals surface area contributed by atoms with Crippen molar-refractivity contribution >= 4 is 28.9 Å². The molecule has 2 aromatic carbocycles. The van der Waals surface area contributed by atoms with Crippen molar-refractivity contribution in [2.24, 2.45) is 5.73 Å². The zero-order chi connectivity index (χ0) is 14.4. The third-order valence-electron chi connectivity index (χ3n) is 3.50. The van der Waals surface area contributed by atoms with E-state index in [4.69, 9.17) is 5.73 Å². The summed E-state index contributed by atoms with van der Waals surface area (Å²) in [5.41, 5.74) is 9.66. The minimum absolute atomic E-state index is 0.516. The summed E-state index contributed by atoms with van der Waals surface area (Å²) < 4.78 is 4.07. The summed E-state index contributed by atoms with van der Waals surface area (Å²) in [5, 5.41) is 4.24. The Kier molecular flexibility index (Phi) is 2.52. The van der Waals surface area contributed by atoms with Crippen LogP contribution >= 0.6 is 11.5 Å². The smallest absolute Gasteiger partial charge is 0.323 e. The molecule has 2 amide bonds. The molecule has 0 bridgehead atoms. The van der Waals surface area contributed by atoms with Crippen LogP contribution in [0.25, 0.3) is 21.7 Å². The minimum atomic E-state index is -0.516. The van der Waals surface area contributed by atoms with E-state index in [-0.39, 0.29) is 0 Å². The van der Waals surface area contributed by atoms with Gasteiger partial charge < -0.3 is 5.73 Å². The molecule has 0 spiro atoms. The second-order valence-corrected chi connectivity index (χ2v) is 5.41. The summed E-state index contributed by atoms with van der Waals surface area (Å²) in [6.45, 7) is 0. The van der Waals surface area contributed by atoms with E-state index >= 15 is 0 Å². The van der Waals surface area contributed by atoms with Gasteiger partial charge in [0.05, 0.1) is 16.3 Å². The third-order valence-corrected chi connectivity index (χ3v) is 4.26. The number of anilines is 2. The van der Waals surface area contributed by atoms with Crippen molar-refractivity contribution in [2.75, 3.05) is 4.90 Å². The molecule has 2 N–H and O–H groups in total. The Morgan fingerprint density at radius 1 is 1.00 bits per heavy atom. The lowest BCUT2D eigenvalue weighted by Crippen LogP contribution is -2.31. The second kappa shape index (κ2) is 4.39. The standard InChI is InChI=1S/C15H10N4OS/c16-15(20)19-11-7-3-1-5-9(11)13-14(21-18-17-13)10-6-2-4-8-12(10)19/h1-8H,(H2,16,20). The van der Waals surface area contributed by atoms with Gasteiger partial charge in [0.25, 0.3) is 0 Å². The molecule has 1 aliphatic rings. The highest BCUT2D eigenvalue weighted by molar-refractivity contribution is 7.10. The van der Waals surface area contributed by atoms with Crippen molar-refractivity contribution in [3.05, 3.63) is 48.5 Å². The van der Waals surface area contributed by atoms with E-state index in [1.54, 1.807) is 0 Å². The fraction of sp³-hybridized carbons (Fsp3) is 0. The van der Waals surface area contributed by atoms with E-state index < -0.39 is 6.03 Å². The number of rotatable bonds is 0. The van der Waals surface area contributed by atoms with Crippen LogP contribution < -0.4 is 10.6 Å². The van der Waals surface area contributed by atoms with Gasteiger partial charge in [-0.2, -0.15) is 0 Å². The minimum Gasteiger partial charge on any atom is -0.351 e. The van der Waals surface area contributed by atoms with Crippen molar-refractivity contribution in [3.8, 4) is 21.7 Å². The molecule has 0 radical (unpaired) electrons. The molecule has 1 aliphatic heterocycles. The van der Waals surface area contributed by atoms with Crippen LogP contribution in [0.1, 0.15) is 0 Å². The quantitative estimate of drug-likeness (QED) is 0.690. The first-order valence-corrected chi connectivity index (χ1v) is 7.15. The molecule has 0 unspecified atom stereocenters. The lowest BCUT2D eigenvalue weighted by molar-refractivity contribution is 0.256. The topological polar surface area (TPSA) is 72.1 Å². The number of nitrogens with zero attached hydrogens (tertiary/aromatic N) is 3. The van der Waals surface area contributed by atoms with Crippen LogP contribution in [0, 0.1) is 0 Å². The fourth-order valence-corrected chi connectivity index (χ4v) is 3.35. The van der Waals surface area contributed by atoms with Crippen molar-refractivity contribution < 1.29 is 4.79 Å². The van der Waals surface area contributed by atoms with Gasteiger partial charge in [0.15, 0.2) is 0 Å². The van der Waals surface area contributed by atoms with E-state index in [1.165, 1.54) is 16.4 Å². The Morgan fingerprint density at radius 3 is 2.33 bits per heavy atom. The molecule has 0 fully saturated rings. The van der Waals surface area contributed by atoms with Crippen molar-refractivity contribution in [2.45, 2.75) is 0 Å². The molecule has 0 atom stereocenters. The molecule has 6 heteroatoms. The van der Waals surface area contributed by atoms with Gasteiger partial charge in [0.2, 0.25) is 0 Å². The maximum absolute atomic E-state index is 12.0. The van der Waals surface area contributed by atoms with Crippen LogP contribution in [0.4, 0.5) is 16.2 Å². The highest BCUT2D eigenvalue weighted by Crippen LogP contribution is 2.47. The number of aromatic nitrogens is 2. The number of para-hydroxylation sites is 2. The van der Waals surface area contributed by atoms with Crippen LogP contribution in [-0.2, 0) is 0 Å². The van der Waals surface area contributed by atoms with Crippen molar-refractivity contribution in [1.29, 1.82) is 0 Å². The van der Waals surface area contributed by atoms with Gasteiger partial charge >= 0.3 is 6.03 Å².